The molecule has 0 fully saturated rings. The Morgan fingerprint density at radius 1 is 1.17 bits per heavy atom. The fourth-order valence-electron chi connectivity index (χ4n) is 2.53. The number of hydrogen-bond acceptors (Lipinski definition) is 7. The molecular weight excluding hydrogens is 401 g/mol. The van der Waals surface area contributed by atoms with E-state index in [4.69, 9.17) is 9.26 Å². The quantitative estimate of drug-likeness (QED) is 0.557. The molecule has 1 N–H and O–H groups in total. The van der Waals surface area contributed by atoms with Gasteiger partial charge in [0.1, 0.15) is 11.6 Å². The van der Waals surface area contributed by atoms with E-state index in [9.17, 15) is 17.6 Å². The number of hydrogen-bond donors (Lipinski definition) is 1. The van der Waals surface area contributed by atoms with Gasteiger partial charge in [0.2, 0.25) is 0 Å². The van der Waals surface area contributed by atoms with Crippen LogP contribution in [0.2, 0.25) is 0 Å². The van der Waals surface area contributed by atoms with Crippen LogP contribution in [0.3, 0.4) is 0 Å². The van der Waals surface area contributed by atoms with Crippen LogP contribution < -0.4 is 10.1 Å². The van der Waals surface area contributed by atoms with E-state index in [1.165, 1.54) is 19.2 Å². The highest BCUT2D eigenvalue weighted by Gasteiger charge is 2.19. The number of para-hydroxylation sites is 1. The molecule has 0 unspecified atom stereocenters. The van der Waals surface area contributed by atoms with Gasteiger partial charge >= 0.3 is 11.8 Å². The number of nitrogens with zero attached hydrogens (tertiary/aromatic N) is 2. The number of halogens is 1. The lowest BCUT2D eigenvalue weighted by Crippen LogP contribution is -2.23. The summed E-state index contributed by atoms with van der Waals surface area (Å²) in [5.74, 6) is -0.973. The number of carbonyl (C=O) groups is 1. The van der Waals surface area contributed by atoms with E-state index in [1.54, 1.807) is 12.1 Å². The predicted octanol–water partition coefficient (Wildman–Crippen LogP) is 2.16. The Morgan fingerprint density at radius 3 is 2.62 bits per heavy atom. The number of amides is 1. The fourth-order valence-corrected chi connectivity index (χ4v) is 3.77. The van der Waals surface area contributed by atoms with Crippen molar-refractivity contribution in [3.05, 3.63) is 71.6 Å². The molecule has 0 aliphatic rings. The number of methoxy groups -OCH3 is 1. The molecule has 0 bridgehead atoms. The van der Waals surface area contributed by atoms with Crippen LogP contribution in [0.1, 0.15) is 22.1 Å². The number of carbonyl (C=O) groups excluding carboxylic acids is 1. The zero-order chi connectivity index (χ0) is 20.9. The maximum absolute atomic E-state index is 12.9. The van der Waals surface area contributed by atoms with E-state index in [0.29, 0.717) is 5.75 Å². The van der Waals surface area contributed by atoms with Crippen molar-refractivity contribution in [3.8, 4) is 5.75 Å². The smallest absolute Gasteiger partial charge is 0.315 e. The minimum atomic E-state index is -3.64. The third kappa shape index (κ3) is 5.17. The molecule has 29 heavy (non-hydrogen) atoms. The summed E-state index contributed by atoms with van der Waals surface area (Å²) < 4.78 is 47.6. The maximum Gasteiger partial charge on any atom is 0.315 e. The van der Waals surface area contributed by atoms with Gasteiger partial charge in [0.15, 0.2) is 15.7 Å². The van der Waals surface area contributed by atoms with E-state index in [2.05, 4.69) is 15.5 Å². The lowest BCUT2D eigenvalue weighted by molar-refractivity contribution is 0.0906. The minimum Gasteiger partial charge on any atom is -0.496 e. The summed E-state index contributed by atoms with van der Waals surface area (Å²) in [7, 11) is -2.11. The van der Waals surface area contributed by atoms with Crippen molar-refractivity contribution in [1.29, 1.82) is 0 Å². The highest BCUT2D eigenvalue weighted by Crippen LogP contribution is 2.17. The molecule has 10 heteroatoms. The van der Waals surface area contributed by atoms with Crippen molar-refractivity contribution in [1.82, 2.24) is 15.5 Å². The first-order chi connectivity index (χ1) is 13.9. The third-order valence-corrected chi connectivity index (χ3v) is 5.79. The second-order valence-corrected chi connectivity index (χ2v) is 8.14. The summed E-state index contributed by atoms with van der Waals surface area (Å²) in [4.78, 5) is 16.1. The third-order valence-electron chi connectivity index (χ3n) is 4.06. The van der Waals surface area contributed by atoms with Crippen LogP contribution in [0.25, 0.3) is 0 Å². The summed E-state index contributed by atoms with van der Waals surface area (Å²) in [5, 5.41) is 6.28. The van der Waals surface area contributed by atoms with Gasteiger partial charge in [0.05, 0.1) is 17.8 Å². The molecule has 2 aromatic carbocycles. The molecule has 3 rings (SSSR count). The van der Waals surface area contributed by atoms with Crippen LogP contribution in [0.5, 0.6) is 5.75 Å². The molecule has 1 heterocycles. The molecule has 3 aromatic rings. The Morgan fingerprint density at radius 2 is 1.90 bits per heavy atom. The van der Waals surface area contributed by atoms with E-state index in [0.717, 1.165) is 17.7 Å². The predicted molar refractivity (Wildman–Crippen MR) is 101 cm³/mol. The number of benzene rings is 2. The molecule has 1 aromatic heterocycles. The van der Waals surface area contributed by atoms with Crippen molar-refractivity contribution in [2.45, 2.75) is 17.9 Å². The van der Waals surface area contributed by atoms with Gasteiger partial charge in [-0.25, -0.2) is 12.8 Å². The molecule has 0 atom stereocenters. The number of ether oxygens (including phenoxy) is 1. The van der Waals surface area contributed by atoms with Crippen molar-refractivity contribution in [2.24, 2.45) is 0 Å². The fraction of sp³-hybridized carbons (Fsp3) is 0.211. The molecule has 0 radical (unpaired) electrons. The van der Waals surface area contributed by atoms with Gasteiger partial charge in [0.25, 0.3) is 0 Å². The lowest BCUT2D eigenvalue weighted by Gasteiger charge is -2.07. The summed E-state index contributed by atoms with van der Waals surface area (Å²) >= 11 is 0. The Labute approximate surface area is 166 Å². The zero-order valence-electron chi connectivity index (χ0n) is 15.5. The van der Waals surface area contributed by atoms with Crippen LogP contribution in [0, 0.1) is 5.82 Å². The van der Waals surface area contributed by atoms with Crippen LogP contribution >= 0.6 is 0 Å². The van der Waals surface area contributed by atoms with Crippen molar-refractivity contribution in [3.63, 3.8) is 0 Å². The first kappa shape index (κ1) is 20.5. The number of rotatable bonds is 8. The topological polar surface area (TPSA) is 111 Å². The lowest BCUT2D eigenvalue weighted by atomic mass is 10.2. The molecule has 1 amide bonds. The first-order valence-corrected chi connectivity index (χ1v) is 10.3. The molecular formula is C19H18FN3O5S. The second kappa shape index (κ2) is 8.82. The Bertz CT molecular complexity index is 1100. The van der Waals surface area contributed by atoms with Crippen molar-refractivity contribution in [2.75, 3.05) is 12.9 Å². The molecule has 0 saturated heterocycles. The Hall–Kier alpha value is -3.27. The minimum absolute atomic E-state index is 0.00262. The summed E-state index contributed by atoms with van der Waals surface area (Å²) in [6.07, 6.45) is -0.0526. The average molecular weight is 419 g/mol. The SMILES string of the molecule is COc1ccccc1CNC(=O)c1nc(CCS(=O)(=O)c2ccc(F)cc2)no1. The van der Waals surface area contributed by atoms with Gasteiger partial charge < -0.3 is 14.6 Å². The summed E-state index contributed by atoms with van der Waals surface area (Å²) in [5.41, 5.74) is 0.772. The summed E-state index contributed by atoms with van der Waals surface area (Å²) in [6.45, 7) is 0.194. The van der Waals surface area contributed by atoms with Gasteiger partial charge in [-0.3, -0.25) is 4.79 Å². The van der Waals surface area contributed by atoms with Crippen LogP contribution in [-0.2, 0) is 22.8 Å². The van der Waals surface area contributed by atoms with Gasteiger partial charge in [-0.1, -0.05) is 23.4 Å². The van der Waals surface area contributed by atoms with Crippen LogP contribution in [-0.4, -0.2) is 37.3 Å². The van der Waals surface area contributed by atoms with E-state index >= 15 is 0 Å². The van der Waals surface area contributed by atoms with E-state index in [1.807, 2.05) is 12.1 Å². The second-order valence-electron chi connectivity index (χ2n) is 6.03. The highest BCUT2D eigenvalue weighted by atomic mass is 32.2. The Kier molecular flexibility index (Phi) is 6.23. The molecule has 0 aliphatic carbocycles. The van der Waals surface area contributed by atoms with Gasteiger partial charge in [-0.2, -0.15) is 4.98 Å². The maximum atomic E-state index is 12.9. The normalized spacial score (nSPS) is 11.2. The molecule has 152 valence electrons. The van der Waals surface area contributed by atoms with Crippen molar-refractivity contribution >= 4 is 15.7 Å². The molecule has 0 saturated carbocycles. The number of aromatic nitrogens is 2. The number of aryl methyl sites for hydroxylation is 1. The molecule has 8 nitrogen and oxygen atoms in total. The summed E-state index contributed by atoms with van der Waals surface area (Å²) in [6, 6.07) is 11.7. The van der Waals surface area contributed by atoms with Gasteiger partial charge in [-0.15, -0.1) is 0 Å². The average Bonchev–Trinajstić information content (AvgIpc) is 3.20. The van der Waals surface area contributed by atoms with Crippen LogP contribution in [0.15, 0.2) is 57.9 Å². The number of nitrogens with one attached hydrogen (secondary N) is 1. The Balaban J connectivity index is 1.58. The number of sulfone groups is 1. The zero-order valence-corrected chi connectivity index (χ0v) is 16.3. The monoisotopic (exact) mass is 419 g/mol. The standard InChI is InChI=1S/C19H18FN3O5S/c1-27-16-5-3-2-4-13(16)12-21-18(24)19-22-17(23-28-19)10-11-29(25,26)15-8-6-14(20)7-9-15/h2-9H,10-12H2,1H3,(H,21,24). The van der Waals surface area contributed by atoms with Gasteiger partial charge in [-0.05, 0) is 30.3 Å². The van der Waals surface area contributed by atoms with E-state index in [-0.39, 0.29) is 35.3 Å². The highest BCUT2D eigenvalue weighted by molar-refractivity contribution is 7.91. The van der Waals surface area contributed by atoms with Gasteiger partial charge in [0, 0.05) is 18.5 Å². The van der Waals surface area contributed by atoms with E-state index < -0.39 is 21.6 Å². The molecule has 0 spiro atoms. The first-order valence-electron chi connectivity index (χ1n) is 8.60. The van der Waals surface area contributed by atoms with Crippen LogP contribution in [0.4, 0.5) is 4.39 Å². The largest absolute Gasteiger partial charge is 0.496 e. The molecule has 0 aliphatic heterocycles. The van der Waals surface area contributed by atoms with Crippen molar-refractivity contribution < 1.29 is 26.9 Å².